The zero-order chi connectivity index (χ0) is 19.7. The zero-order valence-corrected chi connectivity index (χ0v) is 16.4. The molecule has 1 N–H and O–H groups in total. The van der Waals surface area contributed by atoms with Crippen LogP contribution in [0.5, 0.6) is 5.75 Å². The molecular weight excluding hydrogens is 376 g/mol. The predicted molar refractivity (Wildman–Crippen MR) is 107 cm³/mol. The average Bonchev–Trinajstić information content (AvgIpc) is 3.32. The highest BCUT2D eigenvalue weighted by Gasteiger charge is 2.16. The Morgan fingerprint density at radius 2 is 2.11 bits per heavy atom. The van der Waals surface area contributed by atoms with Gasteiger partial charge in [-0.15, -0.1) is 11.3 Å². The number of aromatic nitrogens is 5. The van der Waals surface area contributed by atoms with Crippen molar-refractivity contribution in [2.75, 3.05) is 5.43 Å². The Morgan fingerprint density at radius 1 is 1.25 bits per heavy atom. The van der Waals surface area contributed by atoms with Crippen molar-refractivity contribution in [3.63, 3.8) is 0 Å². The van der Waals surface area contributed by atoms with E-state index < -0.39 is 6.09 Å². The van der Waals surface area contributed by atoms with Gasteiger partial charge in [0.25, 0.3) is 0 Å². The number of rotatable bonds is 4. The molecule has 0 bridgehead atoms. The second kappa shape index (κ2) is 7.35. The van der Waals surface area contributed by atoms with Crippen LogP contribution >= 0.6 is 11.3 Å². The molecule has 4 rings (SSSR count). The Labute approximate surface area is 165 Å². The van der Waals surface area contributed by atoms with Crippen LogP contribution < -0.4 is 10.2 Å². The van der Waals surface area contributed by atoms with Gasteiger partial charge in [-0.3, -0.25) is 0 Å². The molecule has 4 aromatic heterocycles. The summed E-state index contributed by atoms with van der Waals surface area (Å²) in [6, 6.07) is 3.86. The van der Waals surface area contributed by atoms with E-state index in [2.05, 4.69) is 39.2 Å². The number of amides is 1. The number of carbonyl (C=O) groups excluding carboxylic acids is 1. The summed E-state index contributed by atoms with van der Waals surface area (Å²) in [6.07, 6.45) is 6.07. The van der Waals surface area contributed by atoms with E-state index in [4.69, 9.17) is 4.74 Å². The predicted octanol–water partition coefficient (Wildman–Crippen LogP) is 4.12. The molecule has 0 aliphatic heterocycles. The van der Waals surface area contributed by atoms with Crippen LogP contribution in [0.1, 0.15) is 31.0 Å². The van der Waals surface area contributed by atoms with E-state index in [1.165, 1.54) is 17.5 Å². The van der Waals surface area contributed by atoms with Gasteiger partial charge in [-0.25, -0.2) is 34.8 Å². The number of aryl methyl sites for hydroxylation is 1. The summed E-state index contributed by atoms with van der Waals surface area (Å²) in [4.78, 5) is 29.6. The molecule has 0 aliphatic carbocycles. The summed E-state index contributed by atoms with van der Waals surface area (Å²) < 4.78 is 6.98. The molecule has 0 saturated heterocycles. The Hall–Kier alpha value is -3.33. The lowest BCUT2D eigenvalue weighted by Gasteiger charge is -2.09. The van der Waals surface area contributed by atoms with Crippen molar-refractivity contribution < 1.29 is 9.53 Å². The second-order valence-electron chi connectivity index (χ2n) is 6.47. The van der Waals surface area contributed by atoms with Crippen LogP contribution in [-0.2, 0) is 0 Å². The van der Waals surface area contributed by atoms with E-state index in [0.29, 0.717) is 28.1 Å². The van der Waals surface area contributed by atoms with Gasteiger partial charge < -0.3 is 4.74 Å². The summed E-state index contributed by atoms with van der Waals surface area (Å²) in [5.74, 6) is 1.08. The first-order valence-electron chi connectivity index (χ1n) is 8.71. The quantitative estimate of drug-likeness (QED) is 0.559. The molecule has 142 valence electrons. The number of nitrogens with zero attached hydrogens (tertiary/aromatic N) is 5. The van der Waals surface area contributed by atoms with Crippen molar-refractivity contribution in [3.05, 3.63) is 53.6 Å². The van der Waals surface area contributed by atoms with Crippen LogP contribution in [0, 0.1) is 6.92 Å². The van der Waals surface area contributed by atoms with Crippen molar-refractivity contribution in [1.82, 2.24) is 24.6 Å². The van der Waals surface area contributed by atoms with Gasteiger partial charge in [0.2, 0.25) is 0 Å². The summed E-state index contributed by atoms with van der Waals surface area (Å²) >= 11 is 1.45. The molecule has 28 heavy (non-hydrogen) atoms. The van der Waals surface area contributed by atoms with Crippen LogP contribution in [0.25, 0.3) is 21.9 Å². The van der Waals surface area contributed by atoms with Gasteiger partial charge in [0.05, 0.1) is 11.9 Å². The topological polar surface area (TPSA) is 94.8 Å². The van der Waals surface area contributed by atoms with E-state index >= 15 is 0 Å². The minimum atomic E-state index is -0.647. The molecule has 0 fully saturated rings. The lowest BCUT2D eigenvalue weighted by molar-refractivity contribution is 0.211. The second-order valence-corrected chi connectivity index (χ2v) is 7.36. The number of nitrogens with one attached hydrogen (secondary N) is 1. The number of fused-ring (bicyclic) bond motifs is 1. The summed E-state index contributed by atoms with van der Waals surface area (Å²) in [5, 5.41) is 3.56. The van der Waals surface area contributed by atoms with E-state index in [9.17, 15) is 4.79 Å². The third kappa shape index (κ3) is 3.44. The van der Waals surface area contributed by atoms with Gasteiger partial charge in [0.15, 0.2) is 22.2 Å². The standard InChI is InChI=1S/C19H18N6O2S/c1-11(2)14-10-25(17-13(14)5-4-6-20-17)24-19(26)27-15-9-22-16(23-12(15)3)18-21-7-8-28-18/h4-11H,1-3H3,(H,24,26). The van der Waals surface area contributed by atoms with Crippen molar-refractivity contribution >= 4 is 28.5 Å². The molecule has 1 amide bonds. The maximum atomic E-state index is 12.4. The molecule has 0 unspecified atom stereocenters. The van der Waals surface area contributed by atoms with Gasteiger partial charge in [-0.1, -0.05) is 13.8 Å². The first-order valence-corrected chi connectivity index (χ1v) is 9.59. The van der Waals surface area contributed by atoms with Crippen molar-refractivity contribution in [2.45, 2.75) is 26.7 Å². The van der Waals surface area contributed by atoms with Gasteiger partial charge in [-0.2, -0.15) is 0 Å². The first kappa shape index (κ1) is 18.1. The van der Waals surface area contributed by atoms with E-state index in [1.807, 2.05) is 23.7 Å². The van der Waals surface area contributed by atoms with E-state index in [0.717, 1.165) is 10.9 Å². The van der Waals surface area contributed by atoms with E-state index in [-0.39, 0.29) is 5.75 Å². The third-order valence-electron chi connectivity index (χ3n) is 4.19. The average molecular weight is 394 g/mol. The summed E-state index contributed by atoms with van der Waals surface area (Å²) in [5.41, 5.74) is 5.01. The number of ether oxygens (including phenoxy) is 1. The number of carbonyl (C=O) groups is 1. The lowest BCUT2D eigenvalue weighted by atomic mass is 10.0. The zero-order valence-electron chi connectivity index (χ0n) is 15.6. The van der Waals surface area contributed by atoms with Gasteiger partial charge >= 0.3 is 6.09 Å². The molecule has 0 spiro atoms. The van der Waals surface area contributed by atoms with Gasteiger partial charge in [0, 0.05) is 29.4 Å². The van der Waals surface area contributed by atoms with Gasteiger partial charge in [-0.05, 0) is 30.5 Å². The number of hydrogen-bond donors (Lipinski definition) is 1. The Balaban J connectivity index is 1.55. The molecule has 4 heterocycles. The molecule has 0 radical (unpaired) electrons. The normalized spacial score (nSPS) is 11.1. The Morgan fingerprint density at radius 3 is 2.82 bits per heavy atom. The number of hydrogen-bond acceptors (Lipinski definition) is 7. The molecule has 0 aliphatic rings. The van der Waals surface area contributed by atoms with Crippen LogP contribution in [0.3, 0.4) is 0 Å². The fourth-order valence-electron chi connectivity index (χ4n) is 2.84. The summed E-state index contributed by atoms with van der Waals surface area (Å²) in [7, 11) is 0. The van der Waals surface area contributed by atoms with Crippen LogP contribution in [-0.4, -0.2) is 30.7 Å². The Kier molecular flexibility index (Phi) is 4.74. The van der Waals surface area contributed by atoms with Crippen LogP contribution in [0.4, 0.5) is 4.79 Å². The fraction of sp³-hybridized carbons (Fsp3) is 0.211. The fourth-order valence-corrected chi connectivity index (χ4v) is 3.42. The molecule has 8 nitrogen and oxygen atoms in total. The largest absolute Gasteiger partial charge is 0.432 e. The first-order chi connectivity index (χ1) is 13.5. The van der Waals surface area contributed by atoms with Crippen LogP contribution in [0.15, 0.2) is 42.3 Å². The van der Waals surface area contributed by atoms with Crippen LogP contribution in [0.2, 0.25) is 0 Å². The maximum absolute atomic E-state index is 12.4. The third-order valence-corrected chi connectivity index (χ3v) is 4.96. The molecule has 9 heteroatoms. The molecule has 0 aromatic carbocycles. The molecule has 4 aromatic rings. The highest BCUT2D eigenvalue weighted by atomic mass is 32.1. The molecular formula is C19H18N6O2S. The highest BCUT2D eigenvalue weighted by molar-refractivity contribution is 7.12. The van der Waals surface area contributed by atoms with Gasteiger partial charge in [0.1, 0.15) is 0 Å². The van der Waals surface area contributed by atoms with Crippen molar-refractivity contribution in [1.29, 1.82) is 0 Å². The lowest BCUT2D eigenvalue weighted by Crippen LogP contribution is -2.26. The highest BCUT2D eigenvalue weighted by Crippen LogP contribution is 2.26. The number of pyridine rings is 1. The summed E-state index contributed by atoms with van der Waals surface area (Å²) in [6.45, 7) is 5.94. The Bertz CT molecular complexity index is 1140. The molecule has 0 atom stereocenters. The van der Waals surface area contributed by atoms with E-state index in [1.54, 1.807) is 24.0 Å². The maximum Gasteiger partial charge on any atom is 0.432 e. The number of thiazole rings is 1. The minimum Gasteiger partial charge on any atom is -0.406 e. The minimum absolute atomic E-state index is 0.284. The SMILES string of the molecule is Cc1nc(-c2nccs2)ncc1OC(=O)Nn1cc(C(C)C)c2cccnc21. The molecule has 0 saturated carbocycles. The van der Waals surface area contributed by atoms with Crippen molar-refractivity contribution in [2.24, 2.45) is 0 Å². The smallest absolute Gasteiger partial charge is 0.406 e. The monoisotopic (exact) mass is 394 g/mol. The van der Waals surface area contributed by atoms with Crippen molar-refractivity contribution in [3.8, 4) is 16.6 Å².